The lowest BCUT2D eigenvalue weighted by molar-refractivity contribution is -0.137. The molecule has 0 spiro atoms. The topological polar surface area (TPSA) is 42.7 Å². The second-order valence-electron chi connectivity index (χ2n) is 6.02. The molecule has 4 rings (SSSR count). The average molecular weight is 379 g/mol. The van der Waals surface area contributed by atoms with Crippen molar-refractivity contribution in [3.63, 3.8) is 0 Å². The van der Waals surface area contributed by atoms with Crippen LogP contribution in [-0.2, 0) is 19.0 Å². The van der Waals surface area contributed by atoms with E-state index in [-0.39, 0.29) is 10.7 Å². The average Bonchev–Trinajstić information content (AvgIpc) is 3.19. The van der Waals surface area contributed by atoms with Gasteiger partial charge >= 0.3 is 6.18 Å². The number of fused-ring (bicyclic) bond motifs is 1. The van der Waals surface area contributed by atoms with Gasteiger partial charge in [0, 0.05) is 30.4 Å². The monoisotopic (exact) mass is 378 g/mol. The van der Waals surface area contributed by atoms with Crippen molar-refractivity contribution in [3.8, 4) is 5.69 Å². The standard InChI is InChI=1S/C18H14ClF3N4/c19-14-5-4-11(18(20,21)22)9-16(14)26-17-13(6-8-24-17)15(25-26)10-12-3-1-2-7-23-12/h1-5,7,9,24H,6,8,10H2. The molecule has 0 saturated carbocycles. The highest BCUT2D eigenvalue weighted by Crippen LogP contribution is 2.36. The van der Waals surface area contributed by atoms with E-state index >= 15 is 0 Å². The van der Waals surface area contributed by atoms with Crippen LogP contribution in [0, 0.1) is 0 Å². The minimum atomic E-state index is -4.44. The molecule has 0 radical (unpaired) electrons. The number of hydrogen-bond donors (Lipinski definition) is 1. The maximum Gasteiger partial charge on any atom is 0.416 e. The molecule has 1 aliphatic rings. The van der Waals surface area contributed by atoms with Gasteiger partial charge in [-0.15, -0.1) is 0 Å². The summed E-state index contributed by atoms with van der Waals surface area (Å²) in [5.74, 6) is 0.692. The van der Waals surface area contributed by atoms with Crippen molar-refractivity contribution in [2.75, 3.05) is 11.9 Å². The van der Waals surface area contributed by atoms with Gasteiger partial charge in [0.15, 0.2) is 0 Å². The zero-order valence-electron chi connectivity index (χ0n) is 13.5. The third kappa shape index (κ3) is 3.03. The zero-order chi connectivity index (χ0) is 18.3. The fourth-order valence-corrected chi connectivity index (χ4v) is 3.29. The number of hydrogen-bond acceptors (Lipinski definition) is 3. The van der Waals surface area contributed by atoms with Gasteiger partial charge in [0.25, 0.3) is 0 Å². The molecule has 0 amide bonds. The molecule has 0 unspecified atom stereocenters. The number of aromatic nitrogens is 3. The number of rotatable bonds is 3. The van der Waals surface area contributed by atoms with E-state index in [0.29, 0.717) is 18.8 Å². The predicted molar refractivity (Wildman–Crippen MR) is 92.8 cm³/mol. The Balaban J connectivity index is 1.80. The van der Waals surface area contributed by atoms with E-state index in [9.17, 15) is 13.2 Å². The number of anilines is 1. The quantitative estimate of drug-likeness (QED) is 0.729. The SMILES string of the molecule is FC(F)(F)c1ccc(Cl)c(-n2nc(Cc3ccccn3)c3c2NCC3)c1. The first-order chi connectivity index (χ1) is 12.4. The molecule has 3 aromatic rings. The fraction of sp³-hybridized carbons (Fsp3) is 0.222. The summed E-state index contributed by atoms with van der Waals surface area (Å²) in [6.45, 7) is 0.707. The van der Waals surface area contributed by atoms with Crippen LogP contribution in [0.25, 0.3) is 5.69 Å². The van der Waals surface area contributed by atoms with Gasteiger partial charge in [-0.05, 0) is 36.8 Å². The molecule has 2 aromatic heterocycles. The van der Waals surface area contributed by atoms with Gasteiger partial charge in [-0.25, -0.2) is 4.68 Å². The van der Waals surface area contributed by atoms with Crippen molar-refractivity contribution in [1.29, 1.82) is 0 Å². The molecular weight excluding hydrogens is 365 g/mol. The molecule has 0 bridgehead atoms. The number of halogens is 4. The second-order valence-corrected chi connectivity index (χ2v) is 6.43. The minimum Gasteiger partial charge on any atom is -0.369 e. The molecule has 8 heteroatoms. The molecule has 3 heterocycles. The first-order valence-corrected chi connectivity index (χ1v) is 8.43. The summed E-state index contributed by atoms with van der Waals surface area (Å²) in [5, 5.41) is 7.95. The van der Waals surface area contributed by atoms with E-state index in [4.69, 9.17) is 11.6 Å². The molecule has 1 N–H and O–H groups in total. The van der Waals surface area contributed by atoms with E-state index in [1.807, 2.05) is 18.2 Å². The maximum atomic E-state index is 13.1. The Labute approximate surface area is 152 Å². The molecular formula is C18H14ClF3N4. The lowest BCUT2D eigenvalue weighted by Gasteiger charge is -2.12. The Morgan fingerprint density at radius 3 is 2.77 bits per heavy atom. The number of alkyl halides is 3. The van der Waals surface area contributed by atoms with Crippen molar-refractivity contribution in [2.45, 2.75) is 19.0 Å². The van der Waals surface area contributed by atoms with Gasteiger partial charge in [-0.1, -0.05) is 17.7 Å². The third-order valence-corrected chi connectivity index (χ3v) is 4.63. The summed E-state index contributed by atoms with van der Waals surface area (Å²) < 4.78 is 40.7. The molecule has 26 heavy (non-hydrogen) atoms. The van der Waals surface area contributed by atoms with E-state index in [0.717, 1.165) is 35.5 Å². The summed E-state index contributed by atoms with van der Waals surface area (Å²) in [6, 6.07) is 8.86. The number of nitrogens with one attached hydrogen (secondary N) is 1. The van der Waals surface area contributed by atoms with Crippen LogP contribution in [-0.4, -0.2) is 21.3 Å². The van der Waals surface area contributed by atoms with Crippen LogP contribution in [0.1, 0.15) is 22.5 Å². The third-order valence-electron chi connectivity index (χ3n) is 4.31. The number of pyridine rings is 1. The molecule has 4 nitrogen and oxygen atoms in total. The van der Waals surface area contributed by atoms with Crippen LogP contribution in [0.3, 0.4) is 0 Å². The summed E-state index contributed by atoms with van der Waals surface area (Å²) in [4.78, 5) is 4.30. The van der Waals surface area contributed by atoms with Crippen LogP contribution < -0.4 is 5.32 Å². The molecule has 1 aliphatic heterocycles. The van der Waals surface area contributed by atoms with Crippen LogP contribution in [0.5, 0.6) is 0 Å². The summed E-state index contributed by atoms with van der Waals surface area (Å²) >= 11 is 6.18. The van der Waals surface area contributed by atoms with E-state index in [1.54, 1.807) is 6.20 Å². The van der Waals surface area contributed by atoms with Crippen molar-refractivity contribution in [2.24, 2.45) is 0 Å². The Morgan fingerprint density at radius 1 is 1.19 bits per heavy atom. The van der Waals surface area contributed by atoms with Crippen molar-refractivity contribution in [3.05, 3.63) is 70.1 Å². The normalized spacial score (nSPS) is 13.5. The summed E-state index contributed by atoms with van der Waals surface area (Å²) in [5.41, 5.74) is 2.08. The lowest BCUT2D eigenvalue weighted by Crippen LogP contribution is -2.09. The second kappa shape index (κ2) is 6.32. The van der Waals surface area contributed by atoms with Crippen molar-refractivity contribution in [1.82, 2.24) is 14.8 Å². The van der Waals surface area contributed by atoms with Gasteiger partial charge in [-0.3, -0.25) is 4.98 Å². The predicted octanol–water partition coefficient (Wildman–Crippen LogP) is 4.50. The minimum absolute atomic E-state index is 0.208. The molecule has 0 saturated heterocycles. The number of benzene rings is 1. The van der Waals surface area contributed by atoms with E-state index in [2.05, 4.69) is 15.4 Å². The summed E-state index contributed by atoms with van der Waals surface area (Å²) in [6.07, 6.45) is -1.48. The molecule has 134 valence electrons. The maximum absolute atomic E-state index is 13.1. The smallest absolute Gasteiger partial charge is 0.369 e. The molecule has 0 fully saturated rings. The first kappa shape index (κ1) is 16.9. The molecule has 0 aliphatic carbocycles. The number of nitrogens with zero attached hydrogens (tertiary/aromatic N) is 3. The Morgan fingerprint density at radius 2 is 2.04 bits per heavy atom. The molecule has 0 atom stereocenters. The van der Waals surface area contributed by atoms with Crippen LogP contribution in [0.15, 0.2) is 42.6 Å². The van der Waals surface area contributed by atoms with E-state index in [1.165, 1.54) is 10.7 Å². The first-order valence-electron chi connectivity index (χ1n) is 8.05. The van der Waals surface area contributed by atoms with Gasteiger partial charge < -0.3 is 5.32 Å². The van der Waals surface area contributed by atoms with Crippen LogP contribution in [0.4, 0.5) is 19.0 Å². The largest absolute Gasteiger partial charge is 0.416 e. The van der Waals surface area contributed by atoms with Crippen LogP contribution >= 0.6 is 11.6 Å². The van der Waals surface area contributed by atoms with Gasteiger partial charge in [-0.2, -0.15) is 18.3 Å². The van der Waals surface area contributed by atoms with Gasteiger partial charge in [0.1, 0.15) is 5.82 Å². The summed E-state index contributed by atoms with van der Waals surface area (Å²) in [7, 11) is 0. The highest BCUT2D eigenvalue weighted by Gasteiger charge is 2.32. The Bertz CT molecular complexity index is 951. The van der Waals surface area contributed by atoms with E-state index < -0.39 is 11.7 Å². The van der Waals surface area contributed by atoms with Crippen molar-refractivity contribution < 1.29 is 13.2 Å². The van der Waals surface area contributed by atoms with Crippen LogP contribution in [0.2, 0.25) is 5.02 Å². The Hall–Kier alpha value is -2.54. The Kier molecular flexibility index (Phi) is 4.11. The highest BCUT2D eigenvalue weighted by atomic mass is 35.5. The lowest BCUT2D eigenvalue weighted by atomic mass is 10.1. The molecule has 1 aromatic carbocycles. The van der Waals surface area contributed by atoms with Gasteiger partial charge in [0.05, 0.1) is 22.0 Å². The highest BCUT2D eigenvalue weighted by molar-refractivity contribution is 6.32. The fourth-order valence-electron chi connectivity index (χ4n) is 3.09. The van der Waals surface area contributed by atoms with Crippen molar-refractivity contribution >= 4 is 17.4 Å². The zero-order valence-corrected chi connectivity index (χ0v) is 14.3. The van der Waals surface area contributed by atoms with Gasteiger partial charge in [0.2, 0.25) is 0 Å².